The molecule has 3 nitrogen and oxygen atoms in total. The number of halogens is 1. The number of carbonyl (C=O) groups excluding carboxylic acids is 1. The van der Waals surface area contributed by atoms with E-state index in [-0.39, 0.29) is 5.91 Å². The summed E-state index contributed by atoms with van der Waals surface area (Å²) in [7, 11) is 0. The summed E-state index contributed by atoms with van der Waals surface area (Å²) in [5.74, 6) is 0.0971. The molecule has 0 unspecified atom stereocenters. The highest BCUT2D eigenvalue weighted by atomic mass is 79.9. The number of hydrogen-bond donors (Lipinski definition) is 0. The quantitative estimate of drug-likeness (QED) is 0.756. The van der Waals surface area contributed by atoms with Crippen LogP contribution in [0, 0.1) is 0 Å². The van der Waals surface area contributed by atoms with E-state index < -0.39 is 0 Å². The summed E-state index contributed by atoms with van der Waals surface area (Å²) >= 11 is 3.42. The molecule has 1 amide bonds. The average molecular weight is 343 g/mol. The molecule has 21 heavy (non-hydrogen) atoms. The molecule has 1 aliphatic heterocycles. The Morgan fingerprint density at radius 2 is 2.00 bits per heavy atom. The van der Waals surface area contributed by atoms with Gasteiger partial charge in [0.05, 0.1) is 5.69 Å². The van der Waals surface area contributed by atoms with E-state index in [1.807, 2.05) is 47.5 Å². The van der Waals surface area contributed by atoms with Crippen molar-refractivity contribution in [1.29, 1.82) is 0 Å². The lowest BCUT2D eigenvalue weighted by Gasteiger charge is -2.14. The van der Waals surface area contributed by atoms with E-state index in [0.717, 1.165) is 34.4 Å². The van der Waals surface area contributed by atoms with Gasteiger partial charge in [0.15, 0.2) is 0 Å². The second-order valence-electron chi connectivity index (χ2n) is 5.04. The summed E-state index contributed by atoms with van der Waals surface area (Å²) in [6.45, 7) is 2.37. The first-order valence-corrected chi connectivity index (χ1v) is 7.63. The van der Waals surface area contributed by atoms with Crippen molar-refractivity contribution in [3.8, 4) is 0 Å². The van der Waals surface area contributed by atoms with Crippen molar-refractivity contribution >= 4 is 39.4 Å². The largest absolute Gasteiger partial charge is 0.312 e. The minimum absolute atomic E-state index is 0.0971. The van der Waals surface area contributed by atoms with E-state index in [1.54, 1.807) is 6.92 Å². The summed E-state index contributed by atoms with van der Waals surface area (Å²) in [4.78, 5) is 17.9. The first-order chi connectivity index (χ1) is 10.1. The monoisotopic (exact) mass is 342 g/mol. The minimum atomic E-state index is 0.0971. The van der Waals surface area contributed by atoms with E-state index in [1.165, 1.54) is 5.56 Å². The second-order valence-corrected chi connectivity index (χ2v) is 5.96. The fourth-order valence-corrected chi connectivity index (χ4v) is 2.76. The maximum Gasteiger partial charge on any atom is 0.223 e. The van der Waals surface area contributed by atoms with Gasteiger partial charge < -0.3 is 4.90 Å². The van der Waals surface area contributed by atoms with Crippen molar-refractivity contribution in [3.63, 3.8) is 0 Å². The van der Waals surface area contributed by atoms with Crippen LogP contribution in [-0.4, -0.2) is 18.7 Å². The zero-order chi connectivity index (χ0) is 14.8. The average Bonchev–Trinajstić information content (AvgIpc) is 2.90. The Kier molecular flexibility index (Phi) is 3.88. The molecule has 3 rings (SSSR count). The third kappa shape index (κ3) is 3.05. The van der Waals surface area contributed by atoms with Gasteiger partial charge in [-0.25, -0.2) is 0 Å². The predicted octanol–water partition coefficient (Wildman–Crippen LogP) is 4.11. The van der Waals surface area contributed by atoms with Gasteiger partial charge in [0.1, 0.15) is 0 Å². The minimum Gasteiger partial charge on any atom is -0.312 e. The fraction of sp³-hybridized carbons (Fsp3) is 0.176. The standard InChI is InChI=1S/C17H15BrN2O/c1-12(21)20-9-8-14-10-16(6-7-17(14)20)19-11-13-2-4-15(18)5-3-13/h2-7,10-11H,8-9H2,1H3. The summed E-state index contributed by atoms with van der Waals surface area (Å²) in [6.07, 6.45) is 2.75. The van der Waals surface area contributed by atoms with Gasteiger partial charge in [-0.2, -0.15) is 0 Å². The third-order valence-corrected chi connectivity index (χ3v) is 4.10. The molecule has 0 atom stereocenters. The molecule has 0 aromatic heterocycles. The number of nitrogens with zero attached hydrogens (tertiary/aromatic N) is 2. The highest BCUT2D eigenvalue weighted by molar-refractivity contribution is 9.10. The van der Waals surface area contributed by atoms with Gasteiger partial charge in [0.2, 0.25) is 5.91 Å². The first kappa shape index (κ1) is 14.0. The number of rotatable bonds is 2. The van der Waals surface area contributed by atoms with Crippen LogP contribution in [0.5, 0.6) is 0 Å². The third-order valence-electron chi connectivity index (χ3n) is 3.57. The molecule has 106 valence electrons. The van der Waals surface area contributed by atoms with Crippen LogP contribution in [0.25, 0.3) is 0 Å². The topological polar surface area (TPSA) is 32.7 Å². The number of amides is 1. The molecule has 2 aromatic rings. The van der Waals surface area contributed by atoms with Gasteiger partial charge in [-0.3, -0.25) is 9.79 Å². The van der Waals surface area contributed by atoms with Crippen molar-refractivity contribution in [2.24, 2.45) is 4.99 Å². The lowest BCUT2D eigenvalue weighted by atomic mass is 10.1. The molecule has 0 radical (unpaired) electrons. The van der Waals surface area contributed by atoms with Crippen LogP contribution in [-0.2, 0) is 11.2 Å². The zero-order valence-electron chi connectivity index (χ0n) is 11.7. The van der Waals surface area contributed by atoms with Gasteiger partial charge in [0, 0.05) is 29.8 Å². The molecule has 1 heterocycles. The maximum atomic E-state index is 11.5. The molecule has 0 fully saturated rings. The molecular formula is C17H15BrN2O. The summed E-state index contributed by atoms with van der Waals surface area (Å²) in [5.41, 5.74) is 4.19. The lowest BCUT2D eigenvalue weighted by molar-refractivity contribution is -0.116. The summed E-state index contributed by atoms with van der Waals surface area (Å²) in [5, 5.41) is 0. The van der Waals surface area contributed by atoms with E-state index >= 15 is 0 Å². The second kappa shape index (κ2) is 5.82. The Morgan fingerprint density at radius 3 is 2.71 bits per heavy atom. The molecule has 0 bridgehead atoms. The molecule has 0 N–H and O–H groups in total. The van der Waals surface area contributed by atoms with Crippen LogP contribution in [0.2, 0.25) is 0 Å². The first-order valence-electron chi connectivity index (χ1n) is 6.84. The van der Waals surface area contributed by atoms with Crippen LogP contribution in [0.3, 0.4) is 0 Å². The van der Waals surface area contributed by atoms with Crippen LogP contribution in [0.15, 0.2) is 51.9 Å². The van der Waals surface area contributed by atoms with Crippen LogP contribution >= 0.6 is 15.9 Å². The van der Waals surface area contributed by atoms with Crippen LogP contribution < -0.4 is 4.90 Å². The molecule has 0 spiro atoms. The molecule has 0 saturated heterocycles. The van der Waals surface area contributed by atoms with Crippen LogP contribution in [0.1, 0.15) is 18.1 Å². The number of anilines is 1. The molecule has 0 saturated carbocycles. The van der Waals surface area contributed by atoms with Crippen molar-refractivity contribution in [3.05, 3.63) is 58.1 Å². The number of benzene rings is 2. The number of aliphatic imine (C=N–C) groups is 1. The Bertz CT molecular complexity index is 707. The Labute approximate surface area is 132 Å². The molecule has 4 heteroatoms. The number of carbonyl (C=O) groups is 1. The number of hydrogen-bond acceptors (Lipinski definition) is 2. The Hall–Kier alpha value is -1.94. The fourth-order valence-electron chi connectivity index (χ4n) is 2.49. The normalized spacial score (nSPS) is 13.7. The molecule has 0 aliphatic carbocycles. The van der Waals surface area contributed by atoms with E-state index in [2.05, 4.69) is 27.0 Å². The molecule has 1 aliphatic rings. The van der Waals surface area contributed by atoms with Crippen molar-refractivity contribution in [1.82, 2.24) is 0 Å². The SMILES string of the molecule is CC(=O)N1CCc2cc(N=Cc3ccc(Br)cc3)ccc21. The Morgan fingerprint density at radius 1 is 1.24 bits per heavy atom. The smallest absolute Gasteiger partial charge is 0.223 e. The molecular weight excluding hydrogens is 328 g/mol. The van der Waals surface area contributed by atoms with Crippen molar-refractivity contribution in [2.75, 3.05) is 11.4 Å². The van der Waals surface area contributed by atoms with Gasteiger partial charge in [-0.15, -0.1) is 0 Å². The highest BCUT2D eigenvalue weighted by Crippen LogP contribution is 2.31. The van der Waals surface area contributed by atoms with Crippen LogP contribution in [0.4, 0.5) is 11.4 Å². The van der Waals surface area contributed by atoms with Crippen molar-refractivity contribution < 1.29 is 4.79 Å². The van der Waals surface area contributed by atoms with Gasteiger partial charge in [-0.1, -0.05) is 28.1 Å². The highest BCUT2D eigenvalue weighted by Gasteiger charge is 2.21. The van der Waals surface area contributed by atoms with Crippen molar-refractivity contribution in [2.45, 2.75) is 13.3 Å². The van der Waals surface area contributed by atoms with Gasteiger partial charge in [-0.05, 0) is 47.9 Å². The van der Waals surface area contributed by atoms with Gasteiger partial charge >= 0.3 is 0 Å². The summed E-state index contributed by atoms with van der Waals surface area (Å²) in [6, 6.07) is 14.0. The summed E-state index contributed by atoms with van der Waals surface area (Å²) < 4.78 is 1.06. The van der Waals surface area contributed by atoms with E-state index in [4.69, 9.17) is 0 Å². The maximum absolute atomic E-state index is 11.5. The number of fused-ring (bicyclic) bond motifs is 1. The molecule has 2 aromatic carbocycles. The Balaban J connectivity index is 1.82. The van der Waals surface area contributed by atoms with E-state index in [9.17, 15) is 4.79 Å². The van der Waals surface area contributed by atoms with Gasteiger partial charge in [0.25, 0.3) is 0 Å². The van der Waals surface area contributed by atoms with E-state index in [0.29, 0.717) is 0 Å². The zero-order valence-corrected chi connectivity index (χ0v) is 13.3. The predicted molar refractivity (Wildman–Crippen MR) is 89.6 cm³/mol. The lowest BCUT2D eigenvalue weighted by Crippen LogP contribution is -2.25.